The van der Waals surface area contributed by atoms with Crippen LogP contribution in [0.25, 0.3) is 10.1 Å². The molecule has 6 heteroatoms. The second kappa shape index (κ2) is 5.70. The van der Waals surface area contributed by atoms with Gasteiger partial charge in [-0.1, -0.05) is 0 Å². The quantitative estimate of drug-likeness (QED) is 0.856. The van der Waals surface area contributed by atoms with E-state index in [-0.39, 0.29) is 11.3 Å². The van der Waals surface area contributed by atoms with E-state index in [1.54, 1.807) is 12.1 Å². The highest BCUT2D eigenvalue weighted by molar-refractivity contribution is 7.20. The zero-order chi connectivity index (χ0) is 15.7. The lowest BCUT2D eigenvalue weighted by molar-refractivity contribution is -0.123. The number of ether oxygens (including phenoxy) is 1. The lowest BCUT2D eigenvalue weighted by Gasteiger charge is -2.15. The summed E-state index contributed by atoms with van der Waals surface area (Å²) >= 11 is 1.23. The van der Waals surface area contributed by atoms with Crippen LogP contribution in [0, 0.1) is 5.41 Å². The number of carbonyl (C=O) groups is 2. The van der Waals surface area contributed by atoms with Crippen molar-refractivity contribution in [2.45, 2.75) is 19.8 Å². The average Bonchev–Trinajstić information content (AvgIpc) is 3.16. The van der Waals surface area contributed by atoms with Crippen LogP contribution < -0.4 is 5.32 Å². The first kappa shape index (κ1) is 15.0. The van der Waals surface area contributed by atoms with Gasteiger partial charge >= 0.3 is 5.97 Å². The molecule has 3 rings (SSSR count). The third-order valence-electron chi connectivity index (χ3n) is 3.90. The summed E-state index contributed by atoms with van der Waals surface area (Å²) in [4.78, 5) is 23.7. The van der Waals surface area contributed by atoms with Gasteiger partial charge in [0.2, 0.25) is 5.91 Å². The van der Waals surface area contributed by atoms with E-state index in [4.69, 9.17) is 9.84 Å². The van der Waals surface area contributed by atoms with Crippen LogP contribution in [0.5, 0.6) is 0 Å². The Bertz CT molecular complexity index is 733. The summed E-state index contributed by atoms with van der Waals surface area (Å²) in [5, 5.41) is 12.8. The summed E-state index contributed by atoms with van der Waals surface area (Å²) in [7, 11) is 0. The summed E-state index contributed by atoms with van der Waals surface area (Å²) in [5.74, 6) is -0.950. The maximum absolute atomic E-state index is 12.4. The first-order valence-corrected chi connectivity index (χ1v) is 8.02. The minimum absolute atomic E-state index is 0.0195. The molecule has 0 radical (unpaired) electrons. The standard InChI is InChI=1S/C16H17NO4S/c1-2-21-9-16(5-6-16)15(20)17-11-3-4-12-10(7-11)8-13(22-12)14(18)19/h3-4,7-8H,2,5-6,9H2,1H3,(H,17,20)(H,18,19). The van der Waals surface area contributed by atoms with E-state index in [1.165, 1.54) is 11.3 Å². The van der Waals surface area contributed by atoms with Crippen molar-refractivity contribution in [3.63, 3.8) is 0 Å². The number of hydrogen-bond donors (Lipinski definition) is 2. The molecule has 0 atom stereocenters. The fourth-order valence-corrected chi connectivity index (χ4v) is 3.26. The highest BCUT2D eigenvalue weighted by Gasteiger charge is 2.50. The van der Waals surface area contributed by atoms with E-state index in [2.05, 4.69) is 5.32 Å². The first-order valence-electron chi connectivity index (χ1n) is 7.20. The third-order valence-corrected chi connectivity index (χ3v) is 5.01. The minimum atomic E-state index is -0.930. The number of benzene rings is 1. The molecule has 1 saturated carbocycles. The smallest absolute Gasteiger partial charge is 0.345 e. The maximum Gasteiger partial charge on any atom is 0.345 e. The topological polar surface area (TPSA) is 75.6 Å². The Balaban J connectivity index is 1.76. The summed E-state index contributed by atoms with van der Waals surface area (Å²) in [6.45, 7) is 2.98. The Morgan fingerprint density at radius 1 is 1.36 bits per heavy atom. The number of aromatic carboxylic acids is 1. The molecule has 22 heavy (non-hydrogen) atoms. The van der Waals surface area contributed by atoms with Crippen molar-refractivity contribution in [1.82, 2.24) is 0 Å². The molecule has 1 amide bonds. The molecule has 1 aliphatic carbocycles. The van der Waals surface area contributed by atoms with Crippen molar-refractivity contribution in [3.05, 3.63) is 29.1 Å². The second-order valence-electron chi connectivity index (χ2n) is 5.54. The summed E-state index contributed by atoms with van der Waals surface area (Å²) in [5.41, 5.74) is 0.307. The van der Waals surface area contributed by atoms with Crippen molar-refractivity contribution in [2.75, 3.05) is 18.5 Å². The lowest BCUT2D eigenvalue weighted by Crippen LogP contribution is -2.28. The first-order chi connectivity index (χ1) is 10.5. The van der Waals surface area contributed by atoms with Gasteiger partial charge in [0.1, 0.15) is 4.88 Å². The van der Waals surface area contributed by atoms with Crippen molar-refractivity contribution in [2.24, 2.45) is 5.41 Å². The van der Waals surface area contributed by atoms with Gasteiger partial charge in [-0.25, -0.2) is 4.79 Å². The molecular formula is C16H17NO4S. The fraction of sp³-hybridized carbons (Fsp3) is 0.375. The van der Waals surface area contributed by atoms with Crippen LogP contribution in [-0.2, 0) is 9.53 Å². The van der Waals surface area contributed by atoms with Crippen molar-refractivity contribution < 1.29 is 19.4 Å². The van der Waals surface area contributed by atoms with Crippen LogP contribution in [0.1, 0.15) is 29.4 Å². The Hall–Kier alpha value is -1.92. The van der Waals surface area contributed by atoms with Gasteiger partial charge in [0, 0.05) is 17.0 Å². The molecule has 0 bridgehead atoms. The van der Waals surface area contributed by atoms with Gasteiger partial charge in [-0.2, -0.15) is 0 Å². The molecule has 5 nitrogen and oxygen atoms in total. The summed E-state index contributed by atoms with van der Waals surface area (Å²) in [6, 6.07) is 7.08. The largest absolute Gasteiger partial charge is 0.477 e. The number of nitrogens with one attached hydrogen (secondary N) is 1. The Labute approximate surface area is 131 Å². The number of carbonyl (C=O) groups excluding carboxylic acids is 1. The molecule has 116 valence electrons. The van der Waals surface area contributed by atoms with Gasteiger partial charge in [0.25, 0.3) is 0 Å². The number of carboxylic acid groups (broad SMARTS) is 1. The third kappa shape index (κ3) is 2.84. The van der Waals surface area contributed by atoms with Crippen LogP contribution >= 0.6 is 11.3 Å². The molecular weight excluding hydrogens is 302 g/mol. The number of amides is 1. The van der Waals surface area contributed by atoms with Crippen molar-refractivity contribution >= 4 is 39.0 Å². The molecule has 2 N–H and O–H groups in total. The molecule has 1 fully saturated rings. The predicted molar refractivity (Wildman–Crippen MR) is 85.6 cm³/mol. The minimum Gasteiger partial charge on any atom is -0.477 e. The second-order valence-corrected chi connectivity index (χ2v) is 6.62. The molecule has 1 heterocycles. The molecule has 2 aromatic rings. The van der Waals surface area contributed by atoms with Crippen LogP contribution in [-0.4, -0.2) is 30.2 Å². The van der Waals surface area contributed by atoms with E-state index < -0.39 is 5.97 Å². The Morgan fingerprint density at radius 2 is 2.14 bits per heavy atom. The summed E-state index contributed by atoms with van der Waals surface area (Å²) in [6.07, 6.45) is 1.70. The van der Waals surface area contributed by atoms with Crippen LogP contribution in [0.15, 0.2) is 24.3 Å². The van der Waals surface area contributed by atoms with E-state index in [1.807, 2.05) is 19.1 Å². The highest BCUT2D eigenvalue weighted by Crippen LogP contribution is 2.46. The number of hydrogen-bond acceptors (Lipinski definition) is 4. The molecule has 0 saturated heterocycles. The number of rotatable bonds is 6. The Kier molecular flexibility index (Phi) is 3.88. The van der Waals surface area contributed by atoms with E-state index >= 15 is 0 Å². The fourth-order valence-electron chi connectivity index (χ4n) is 2.38. The van der Waals surface area contributed by atoms with Gasteiger partial charge in [0.05, 0.1) is 12.0 Å². The monoisotopic (exact) mass is 319 g/mol. The van der Waals surface area contributed by atoms with E-state index in [0.29, 0.717) is 23.8 Å². The van der Waals surface area contributed by atoms with Crippen LogP contribution in [0.4, 0.5) is 5.69 Å². The molecule has 1 aromatic heterocycles. The normalized spacial score (nSPS) is 15.7. The molecule has 0 unspecified atom stereocenters. The number of thiophene rings is 1. The summed E-state index contributed by atoms with van der Waals surface area (Å²) < 4.78 is 6.29. The van der Waals surface area contributed by atoms with Gasteiger partial charge in [-0.05, 0) is 49.4 Å². The molecule has 1 aromatic carbocycles. The van der Waals surface area contributed by atoms with Crippen LogP contribution in [0.3, 0.4) is 0 Å². The maximum atomic E-state index is 12.4. The molecule has 0 aliphatic heterocycles. The van der Waals surface area contributed by atoms with E-state index in [0.717, 1.165) is 22.9 Å². The lowest BCUT2D eigenvalue weighted by atomic mass is 10.1. The van der Waals surface area contributed by atoms with Gasteiger partial charge in [-0.15, -0.1) is 11.3 Å². The van der Waals surface area contributed by atoms with Crippen LogP contribution in [0.2, 0.25) is 0 Å². The van der Waals surface area contributed by atoms with Gasteiger partial charge < -0.3 is 15.2 Å². The van der Waals surface area contributed by atoms with Crippen molar-refractivity contribution in [3.8, 4) is 0 Å². The van der Waals surface area contributed by atoms with Crippen molar-refractivity contribution in [1.29, 1.82) is 0 Å². The molecule has 0 spiro atoms. The average molecular weight is 319 g/mol. The van der Waals surface area contributed by atoms with Gasteiger partial charge in [-0.3, -0.25) is 4.79 Å². The number of anilines is 1. The number of fused-ring (bicyclic) bond motifs is 1. The Morgan fingerprint density at radius 3 is 2.77 bits per heavy atom. The van der Waals surface area contributed by atoms with E-state index in [9.17, 15) is 9.59 Å². The molecule has 1 aliphatic rings. The highest BCUT2D eigenvalue weighted by atomic mass is 32.1. The zero-order valence-corrected chi connectivity index (χ0v) is 13.0. The number of carboxylic acids is 1. The SMILES string of the molecule is CCOCC1(C(=O)Nc2ccc3sc(C(=O)O)cc3c2)CC1. The van der Waals surface area contributed by atoms with Gasteiger partial charge in [0.15, 0.2) is 0 Å². The zero-order valence-electron chi connectivity index (χ0n) is 12.2. The predicted octanol–water partition coefficient (Wildman–Crippen LogP) is 3.35.